The molecule has 0 amide bonds. The van der Waals surface area contributed by atoms with Crippen LogP contribution in [-0.2, 0) is 6.18 Å². The van der Waals surface area contributed by atoms with Gasteiger partial charge in [-0.3, -0.25) is 4.40 Å². The topological polar surface area (TPSA) is 30.2 Å². The third kappa shape index (κ3) is 2.87. The van der Waals surface area contributed by atoms with Crippen molar-refractivity contribution in [2.24, 2.45) is 0 Å². The molecule has 0 N–H and O–H groups in total. The van der Waals surface area contributed by atoms with Gasteiger partial charge in [-0.2, -0.15) is 13.2 Å². The number of aromatic nitrogens is 3. The Balaban J connectivity index is 2.00. The van der Waals surface area contributed by atoms with Gasteiger partial charge < -0.3 is 0 Å². The van der Waals surface area contributed by atoms with Crippen LogP contribution in [-0.4, -0.2) is 14.4 Å². The molecule has 0 unspecified atom stereocenters. The van der Waals surface area contributed by atoms with E-state index >= 15 is 0 Å². The van der Waals surface area contributed by atoms with Gasteiger partial charge in [0.05, 0.1) is 5.69 Å². The molecule has 2 aromatic carbocycles. The molecule has 124 valence electrons. The molecule has 0 aliphatic rings. The smallest absolute Gasteiger partial charge is 0.290 e. The zero-order chi connectivity index (χ0) is 17.4. The first kappa shape index (κ1) is 15.4. The highest BCUT2D eigenvalue weighted by Crippen LogP contribution is 2.33. The molecule has 0 aliphatic heterocycles. The van der Waals surface area contributed by atoms with E-state index in [1.54, 1.807) is 6.20 Å². The largest absolute Gasteiger partial charge is 0.434 e. The highest BCUT2D eigenvalue weighted by molar-refractivity contribution is 5.81. The molecule has 4 rings (SSSR count). The molecule has 0 aliphatic carbocycles. The zero-order valence-corrected chi connectivity index (χ0v) is 12.9. The Morgan fingerprint density at radius 2 is 1.32 bits per heavy atom. The van der Waals surface area contributed by atoms with Crippen molar-refractivity contribution in [2.75, 3.05) is 0 Å². The summed E-state index contributed by atoms with van der Waals surface area (Å²) in [6.45, 7) is 0. The van der Waals surface area contributed by atoms with Crippen molar-refractivity contribution in [1.29, 1.82) is 0 Å². The Morgan fingerprint density at radius 3 is 1.92 bits per heavy atom. The van der Waals surface area contributed by atoms with Crippen molar-refractivity contribution in [3.05, 3.63) is 78.8 Å². The molecule has 25 heavy (non-hydrogen) atoms. The molecular weight excluding hydrogens is 327 g/mol. The van der Waals surface area contributed by atoms with Crippen LogP contribution < -0.4 is 0 Å². The van der Waals surface area contributed by atoms with Crippen molar-refractivity contribution in [3.63, 3.8) is 0 Å². The molecule has 2 heterocycles. The van der Waals surface area contributed by atoms with Crippen LogP contribution in [0.3, 0.4) is 0 Å². The lowest BCUT2D eigenvalue weighted by molar-refractivity contribution is -0.140. The third-order valence-electron chi connectivity index (χ3n) is 3.87. The highest BCUT2D eigenvalue weighted by atomic mass is 19.4. The first-order valence-electron chi connectivity index (χ1n) is 7.60. The lowest BCUT2D eigenvalue weighted by Gasteiger charge is -2.10. The third-order valence-corrected chi connectivity index (χ3v) is 3.87. The maximum Gasteiger partial charge on any atom is 0.434 e. The van der Waals surface area contributed by atoms with Crippen LogP contribution in [0.5, 0.6) is 0 Å². The number of benzene rings is 2. The van der Waals surface area contributed by atoms with Crippen LogP contribution in [0, 0.1) is 0 Å². The van der Waals surface area contributed by atoms with Crippen LogP contribution in [0.15, 0.2) is 73.1 Å². The first-order chi connectivity index (χ1) is 12.0. The number of hydrogen-bond donors (Lipinski definition) is 0. The summed E-state index contributed by atoms with van der Waals surface area (Å²) >= 11 is 0. The minimum absolute atomic E-state index is 0.0193. The molecule has 0 radical (unpaired) electrons. The van der Waals surface area contributed by atoms with E-state index in [9.17, 15) is 13.2 Å². The van der Waals surface area contributed by atoms with Gasteiger partial charge in [-0.1, -0.05) is 60.7 Å². The highest BCUT2D eigenvalue weighted by Gasteiger charge is 2.34. The maximum atomic E-state index is 13.0. The normalized spacial score (nSPS) is 11.8. The van der Waals surface area contributed by atoms with E-state index in [2.05, 4.69) is 9.97 Å². The van der Waals surface area contributed by atoms with E-state index < -0.39 is 11.9 Å². The predicted octanol–water partition coefficient (Wildman–Crippen LogP) is 5.08. The summed E-state index contributed by atoms with van der Waals surface area (Å²) in [6.07, 6.45) is -1.90. The van der Waals surface area contributed by atoms with Crippen LogP contribution in [0.25, 0.3) is 28.2 Å². The standard InChI is InChI=1S/C19H12F3N3/c20-19(21,22)16-12-25-11-15(13-7-3-1-4-8-13)17(24-18(25)23-16)14-9-5-2-6-10-14/h1-12H. The average molecular weight is 339 g/mol. The van der Waals surface area contributed by atoms with Gasteiger partial charge in [0.2, 0.25) is 5.78 Å². The Labute approximate surface area is 141 Å². The van der Waals surface area contributed by atoms with E-state index in [0.29, 0.717) is 5.69 Å². The Bertz CT molecular complexity index is 946. The second-order valence-electron chi connectivity index (χ2n) is 5.57. The summed E-state index contributed by atoms with van der Waals surface area (Å²) in [5.74, 6) is 0.0193. The minimum Gasteiger partial charge on any atom is -0.290 e. The van der Waals surface area contributed by atoms with Crippen LogP contribution in [0.2, 0.25) is 0 Å². The Morgan fingerprint density at radius 1 is 0.720 bits per heavy atom. The van der Waals surface area contributed by atoms with Crippen molar-refractivity contribution in [2.45, 2.75) is 6.18 Å². The molecule has 0 saturated heterocycles. The van der Waals surface area contributed by atoms with Gasteiger partial charge in [0.25, 0.3) is 0 Å². The summed E-state index contributed by atoms with van der Waals surface area (Å²) in [6, 6.07) is 18.8. The summed E-state index contributed by atoms with van der Waals surface area (Å²) in [7, 11) is 0. The molecule has 0 bridgehead atoms. The molecule has 0 atom stereocenters. The zero-order valence-electron chi connectivity index (χ0n) is 12.9. The Hall–Kier alpha value is -3.15. The predicted molar refractivity (Wildman–Crippen MR) is 88.9 cm³/mol. The van der Waals surface area contributed by atoms with Gasteiger partial charge in [0.15, 0.2) is 5.69 Å². The van der Waals surface area contributed by atoms with Gasteiger partial charge >= 0.3 is 6.18 Å². The van der Waals surface area contributed by atoms with E-state index in [4.69, 9.17) is 0 Å². The summed E-state index contributed by atoms with van der Waals surface area (Å²) in [5, 5.41) is 0. The molecule has 6 heteroatoms. The monoisotopic (exact) mass is 339 g/mol. The summed E-state index contributed by atoms with van der Waals surface area (Å²) < 4.78 is 40.2. The van der Waals surface area contributed by atoms with E-state index in [1.807, 2.05) is 60.7 Å². The average Bonchev–Trinajstić information content (AvgIpc) is 3.06. The van der Waals surface area contributed by atoms with Crippen LogP contribution in [0.4, 0.5) is 13.2 Å². The second kappa shape index (κ2) is 5.73. The fourth-order valence-electron chi connectivity index (χ4n) is 2.70. The molecule has 0 fully saturated rings. The summed E-state index contributed by atoms with van der Waals surface area (Å²) in [5.41, 5.74) is 2.08. The molecule has 4 aromatic rings. The molecule has 0 spiro atoms. The van der Waals surface area contributed by atoms with E-state index in [1.165, 1.54) is 4.40 Å². The number of rotatable bonds is 2. The number of nitrogens with zero attached hydrogens (tertiary/aromatic N) is 3. The number of imidazole rings is 1. The fourth-order valence-corrected chi connectivity index (χ4v) is 2.70. The molecular formula is C19H12F3N3. The number of hydrogen-bond acceptors (Lipinski definition) is 2. The molecule has 0 saturated carbocycles. The number of halogens is 3. The van der Waals surface area contributed by atoms with Gasteiger partial charge in [-0.05, 0) is 5.56 Å². The quantitative estimate of drug-likeness (QED) is 0.510. The number of fused-ring (bicyclic) bond motifs is 1. The van der Waals surface area contributed by atoms with Gasteiger partial charge in [0, 0.05) is 23.5 Å². The van der Waals surface area contributed by atoms with Crippen molar-refractivity contribution < 1.29 is 13.2 Å². The van der Waals surface area contributed by atoms with Crippen LogP contribution in [0.1, 0.15) is 5.69 Å². The second-order valence-corrected chi connectivity index (χ2v) is 5.57. The first-order valence-corrected chi connectivity index (χ1v) is 7.60. The van der Waals surface area contributed by atoms with Crippen LogP contribution >= 0.6 is 0 Å². The minimum atomic E-state index is -4.51. The van der Waals surface area contributed by atoms with Gasteiger partial charge in [-0.25, -0.2) is 9.97 Å². The van der Waals surface area contributed by atoms with Crippen molar-refractivity contribution in [3.8, 4) is 22.4 Å². The molecule has 3 nitrogen and oxygen atoms in total. The SMILES string of the molecule is FC(F)(F)c1cn2cc(-c3ccccc3)c(-c3ccccc3)nc2n1. The fraction of sp³-hybridized carbons (Fsp3) is 0.0526. The molecule has 2 aromatic heterocycles. The summed E-state index contributed by atoms with van der Waals surface area (Å²) in [4.78, 5) is 8.04. The van der Waals surface area contributed by atoms with Crippen molar-refractivity contribution >= 4 is 5.78 Å². The lowest BCUT2D eigenvalue weighted by Crippen LogP contribution is -2.04. The Kier molecular flexibility index (Phi) is 3.53. The lowest BCUT2D eigenvalue weighted by atomic mass is 10.0. The van der Waals surface area contributed by atoms with Gasteiger partial charge in [0.1, 0.15) is 0 Å². The number of alkyl halides is 3. The maximum absolute atomic E-state index is 13.0. The van der Waals surface area contributed by atoms with Crippen molar-refractivity contribution in [1.82, 2.24) is 14.4 Å². The van der Waals surface area contributed by atoms with E-state index in [0.717, 1.165) is 22.9 Å². The van der Waals surface area contributed by atoms with E-state index in [-0.39, 0.29) is 5.78 Å². The van der Waals surface area contributed by atoms with Gasteiger partial charge in [-0.15, -0.1) is 0 Å².